The molecule has 0 bridgehead atoms. The van der Waals surface area contributed by atoms with Crippen LogP contribution in [0.3, 0.4) is 0 Å². The summed E-state index contributed by atoms with van der Waals surface area (Å²) in [6, 6.07) is 0. The fraction of sp³-hybridized carbons (Fsp3) is 0.467. The minimum atomic E-state index is 0.162. The molecule has 1 unspecified atom stereocenters. The number of aromatic nitrogens is 3. The predicted octanol–water partition coefficient (Wildman–Crippen LogP) is 2.32. The average Bonchev–Trinajstić information content (AvgIpc) is 3.09. The summed E-state index contributed by atoms with van der Waals surface area (Å²) >= 11 is 1.60. The lowest BCUT2D eigenvalue weighted by Gasteiger charge is -2.14. The van der Waals surface area contributed by atoms with E-state index in [2.05, 4.69) is 15.0 Å². The second-order valence-electron chi connectivity index (χ2n) is 5.44. The second-order valence-corrected chi connectivity index (χ2v) is 6.30. The fourth-order valence-electron chi connectivity index (χ4n) is 2.79. The molecule has 1 amide bonds. The van der Waals surface area contributed by atoms with Gasteiger partial charge in [-0.15, -0.1) is 11.3 Å². The molecule has 3 heterocycles. The molecule has 2 aromatic rings. The number of carbonyl (C=O) groups is 1. The van der Waals surface area contributed by atoms with Crippen LogP contribution in [0.25, 0.3) is 10.6 Å². The quantitative estimate of drug-likeness (QED) is 0.873. The van der Waals surface area contributed by atoms with Gasteiger partial charge < -0.3 is 4.90 Å². The van der Waals surface area contributed by atoms with Crippen molar-refractivity contribution >= 4 is 17.2 Å². The maximum atomic E-state index is 11.4. The molecule has 6 heteroatoms. The first-order valence-corrected chi connectivity index (χ1v) is 7.99. The molecular weight excluding hydrogens is 284 g/mol. The third-order valence-corrected chi connectivity index (χ3v) is 4.88. The maximum Gasteiger partial charge on any atom is 0.219 e. The Hall–Kier alpha value is -1.82. The van der Waals surface area contributed by atoms with Crippen LogP contribution in [0, 0.1) is 12.8 Å². The van der Waals surface area contributed by atoms with Gasteiger partial charge in [0.05, 0.1) is 21.8 Å². The molecular formula is C15H18N4OS. The van der Waals surface area contributed by atoms with Crippen LogP contribution in [-0.4, -0.2) is 38.8 Å². The number of hydrogen-bond donors (Lipinski definition) is 0. The van der Waals surface area contributed by atoms with Crippen LogP contribution in [0.4, 0.5) is 0 Å². The summed E-state index contributed by atoms with van der Waals surface area (Å²) in [4.78, 5) is 27.8. The highest BCUT2D eigenvalue weighted by molar-refractivity contribution is 7.13. The molecule has 0 saturated carbocycles. The second kappa shape index (κ2) is 5.89. The van der Waals surface area contributed by atoms with Gasteiger partial charge in [0.1, 0.15) is 5.69 Å². The molecule has 1 atom stereocenters. The largest absolute Gasteiger partial charge is 0.343 e. The molecule has 1 aliphatic heterocycles. The van der Waals surface area contributed by atoms with E-state index in [1.807, 2.05) is 17.3 Å². The Morgan fingerprint density at radius 3 is 2.86 bits per heavy atom. The molecule has 0 N–H and O–H groups in total. The van der Waals surface area contributed by atoms with Crippen LogP contribution in [0.15, 0.2) is 17.9 Å². The Labute approximate surface area is 128 Å². The van der Waals surface area contributed by atoms with Crippen molar-refractivity contribution in [1.82, 2.24) is 19.9 Å². The van der Waals surface area contributed by atoms with E-state index >= 15 is 0 Å². The number of likely N-dealkylation sites (tertiary alicyclic amines) is 1. The van der Waals surface area contributed by atoms with Crippen LogP contribution in [0.2, 0.25) is 0 Å². The third kappa shape index (κ3) is 2.95. The predicted molar refractivity (Wildman–Crippen MR) is 81.9 cm³/mol. The minimum Gasteiger partial charge on any atom is -0.343 e. The van der Waals surface area contributed by atoms with Gasteiger partial charge in [-0.3, -0.25) is 14.8 Å². The van der Waals surface area contributed by atoms with Crippen LogP contribution < -0.4 is 0 Å². The van der Waals surface area contributed by atoms with Crippen molar-refractivity contribution in [2.24, 2.45) is 5.92 Å². The zero-order chi connectivity index (χ0) is 14.8. The normalized spacial score (nSPS) is 18.2. The third-order valence-electron chi connectivity index (χ3n) is 3.95. The van der Waals surface area contributed by atoms with E-state index in [1.54, 1.807) is 30.7 Å². The average molecular weight is 302 g/mol. The first-order valence-electron chi connectivity index (χ1n) is 7.11. The Kier molecular flexibility index (Phi) is 3.96. The van der Waals surface area contributed by atoms with E-state index in [9.17, 15) is 4.79 Å². The lowest BCUT2D eigenvalue weighted by Crippen LogP contribution is -2.26. The number of aryl methyl sites for hydroxylation is 1. The van der Waals surface area contributed by atoms with Crippen molar-refractivity contribution < 1.29 is 4.79 Å². The van der Waals surface area contributed by atoms with Crippen molar-refractivity contribution in [3.05, 3.63) is 29.3 Å². The van der Waals surface area contributed by atoms with Gasteiger partial charge in [-0.1, -0.05) is 0 Å². The zero-order valence-corrected chi connectivity index (χ0v) is 13.1. The van der Waals surface area contributed by atoms with Crippen LogP contribution in [0.5, 0.6) is 0 Å². The van der Waals surface area contributed by atoms with Gasteiger partial charge in [0.2, 0.25) is 5.91 Å². The number of rotatable bonds is 3. The SMILES string of the molecule is CC(=O)N1CCC(Cc2nccnc2-c2scnc2C)C1. The Bertz CT molecular complexity index is 655. The van der Waals surface area contributed by atoms with Crippen molar-refractivity contribution in [2.45, 2.75) is 26.7 Å². The molecule has 5 nitrogen and oxygen atoms in total. The summed E-state index contributed by atoms with van der Waals surface area (Å²) in [5, 5.41) is 0. The first-order chi connectivity index (χ1) is 10.1. The van der Waals surface area contributed by atoms with E-state index in [0.717, 1.165) is 47.9 Å². The molecule has 1 aliphatic rings. The zero-order valence-electron chi connectivity index (χ0n) is 12.2. The lowest BCUT2D eigenvalue weighted by molar-refractivity contribution is -0.127. The van der Waals surface area contributed by atoms with Gasteiger partial charge in [-0.2, -0.15) is 0 Å². The minimum absolute atomic E-state index is 0.162. The lowest BCUT2D eigenvalue weighted by atomic mass is 10.0. The maximum absolute atomic E-state index is 11.4. The van der Waals surface area contributed by atoms with Crippen LogP contribution in [-0.2, 0) is 11.2 Å². The van der Waals surface area contributed by atoms with Gasteiger partial charge in [0.15, 0.2) is 0 Å². The Morgan fingerprint density at radius 2 is 2.19 bits per heavy atom. The molecule has 3 rings (SSSR count). The molecule has 0 aliphatic carbocycles. The summed E-state index contributed by atoms with van der Waals surface area (Å²) in [6.45, 7) is 5.32. The molecule has 2 aromatic heterocycles. The fourth-order valence-corrected chi connectivity index (χ4v) is 3.62. The molecule has 1 saturated heterocycles. The van der Waals surface area contributed by atoms with Crippen molar-refractivity contribution in [2.75, 3.05) is 13.1 Å². The summed E-state index contributed by atoms with van der Waals surface area (Å²) in [6.07, 6.45) is 5.38. The highest BCUT2D eigenvalue weighted by Crippen LogP contribution is 2.30. The van der Waals surface area contributed by atoms with E-state index in [1.165, 1.54) is 0 Å². The van der Waals surface area contributed by atoms with Gasteiger partial charge in [-0.25, -0.2) is 4.98 Å². The van der Waals surface area contributed by atoms with E-state index < -0.39 is 0 Å². The number of nitrogens with zero attached hydrogens (tertiary/aromatic N) is 4. The highest BCUT2D eigenvalue weighted by atomic mass is 32.1. The van der Waals surface area contributed by atoms with E-state index in [0.29, 0.717) is 5.92 Å². The highest BCUT2D eigenvalue weighted by Gasteiger charge is 2.26. The first kappa shape index (κ1) is 14.1. The van der Waals surface area contributed by atoms with Gasteiger partial charge >= 0.3 is 0 Å². The number of carbonyl (C=O) groups excluding carboxylic acids is 1. The van der Waals surface area contributed by atoms with Gasteiger partial charge in [-0.05, 0) is 25.7 Å². The van der Waals surface area contributed by atoms with Crippen molar-refractivity contribution in [1.29, 1.82) is 0 Å². The summed E-state index contributed by atoms with van der Waals surface area (Å²) in [7, 11) is 0. The molecule has 21 heavy (non-hydrogen) atoms. The molecule has 1 fully saturated rings. The molecule has 0 radical (unpaired) electrons. The summed E-state index contributed by atoms with van der Waals surface area (Å²) in [5.41, 5.74) is 4.80. The van der Waals surface area contributed by atoms with Crippen molar-refractivity contribution in [3.8, 4) is 10.6 Å². The van der Waals surface area contributed by atoms with E-state index in [-0.39, 0.29) is 5.91 Å². The van der Waals surface area contributed by atoms with E-state index in [4.69, 9.17) is 0 Å². The Balaban J connectivity index is 1.81. The number of hydrogen-bond acceptors (Lipinski definition) is 5. The number of thiazole rings is 1. The topological polar surface area (TPSA) is 59.0 Å². The van der Waals surface area contributed by atoms with Crippen molar-refractivity contribution in [3.63, 3.8) is 0 Å². The Morgan fingerprint density at radius 1 is 1.38 bits per heavy atom. The standard InChI is InChI=1S/C15H18N4OS/c1-10-15(21-9-18-10)14-13(16-4-5-17-14)7-12-3-6-19(8-12)11(2)20/h4-5,9,12H,3,6-8H2,1-2H3. The molecule has 110 valence electrons. The summed E-state index contributed by atoms with van der Waals surface area (Å²) < 4.78 is 0. The molecule has 0 spiro atoms. The number of amides is 1. The monoisotopic (exact) mass is 302 g/mol. The van der Waals surface area contributed by atoms with Gasteiger partial charge in [0, 0.05) is 32.4 Å². The van der Waals surface area contributed by atoms with Gasteiger partial charge in [0.25, 0.3) is 0 Å². The molecule has 0 aromatic carbocycles. The summed E-state index contributed by atoms with van der Waals surface area (Å²) in [5.74, 6) is 0.632. The van der Waals surface area contributed by atoms with Crippen LogP contribution >= 0.6 is 11.3 Å². The van der Waals surface area contributed by atoms with Crippen LogP contribution in [0.1, 0.15) is 24.7 Å². The smallest absolute Gasteiger partial charge is 0.219 e.